The first kappa shape index (κ1) is 12.5. The molecule has 1 heterocycles. The fourth-order valence-electron chi connectivity index (χ4n) is 2.39. The van der Waals surface area contributed by atoms with Crippen molar-refractivity contribution in [2.45, 2.75) is 27.7 Å². The molecule has 1 aromatic carbocycles. The van der Waals surface area contributed by atoms with Crippen LogP contribution < -0.4 is 10.6 Å². The highest BCUT2D eigenvalue weighted by atomic mass is 15.2. The molecule has 0 aliphatic carbocycles. The van der Waals surface area contributed by atoms with Crippen LogP contribution in [0.2, 0.25) is 0 Å². The van der Waals surface area contributed by atoms with Crippen LogP contribution in [0.4, 0.5) is 5.69 Å². The van der Waals surface area contributed by atoms with Crippen molar-refractivity contribution in [3.63, 3.8) is 0 Å². The molecule has 0 bridgehead atoms. The maximum atomic E-state index is 6.17. The summed E-state index contributed by atoms with van der Waals surface area (Å²) in [4.78, 5) is 2.26. The van der Waals surface area contributed by atoms with Crippen molar-refractivity contribution in [2.24, 2.45) is 5.73 Å². The Morgan fingerprint density at radius 1 is 1.00 bits per heavy atom. The van der Waals surface area contributed by atoms with E-state index in [4.69, 9.17) is 5.73 Å². The van der Waals surface area contributed by atoms with Gasteiger partial charge in [0.25, 0.3) is 0 Å². The third-order valence-electron chi connectivity index (χ3n) is 3.60. The number of rotatable bonds is 1. The number of nitrogens with zero attached hydrogens (tertiary/aromatic N) is 1. The van der Waals surface area contributed by atoms with E-state index in [0.29, 0.717) is 0 Å². The fourth-order valence-corrected chi connectivity index (χ4v) is 2.39. The molecule has 0 radical (unpaired) electrons. The average Bonchev–Trinajstić information content (AvgIpc) is 2.41. The zero-order chi connectivity index (χ0) is 13.3. The van der Waals surface area contributed by atoms with E-state index in [1.165, 1.54) is 17.1 Å². The molecule has 2 heteroatoms. The minimum Gasteiger partial charge on any atom is -0.398 e. The fraction of sp³-hybridized carbons (Fsp3) is 0.250. The number of para-hydroxylation sites is 1. The van der Waals surface area contributed by atoms with E-state index in [0.717, 1.165) is 16.8 Å². The Bertz CT molecular complexity index is 546. The highest BCUT2D eigenvalue weighted by Crippen LogP contribution is 2.35. The van der Waals surface area contributed by atoms with Crippen LogP contribution in [0.1, 0.15) is 27.7 Å². The highest BCUT2D eigenvalue weighted by molar-refractivity contribution is 5.67. The third kappa shape index (κ3) is 1.84. The second kappa shape index (κ2) is 4.73. The molecule has 18 heavy (non-hydrogen) atoms. The van der Waals surface area contributed by atoms with Crippen molar-refractivity contribution in [1.29, 1.82) is 0 Å². The zero-order valence-corrected chi connectivity index (χ0v) is 11.5. The van der Waals surface area contributed by atoms with Crippen molar-refractivity contribution in [1.82, 2.24) is 0 Å². The van der Waals surface area contributed by atoms with Gasteiger partial charge in [0.2, 0.25) is 0 Å². The van der Waals surface area contributed by atoms with E-state index in [1.807, 2.05) is 6.07 Å². The van der Waals surface area contributed by atoms with Gasteiger partial charge in [-0.25, -0.2) is 0 Å². The van der Waals surface area contributed by atoms with Gasteiger partial charge in [-0.15, -0.1) is 0 Å². The maximum absolute atomic E-state index is 6.17. The van der Waals surface area contributed by atoms with Crippen LogP contribution in [-0.2, 0) is 0 Å². The van der Waals surface area contributed by atoms with Crippen molar-refractivity contribution < 1.29 is 0 Å². The van der Waals surface area contributed by atoms with Gasteiger partial charge in [0, 0.05) is 22.8 Å². The summed E-state index contributed by atoms with van der Waals surface area (Å²) in [5, 5.41) is 0. The van der Waals surface area contributed by atoms with Gasteiger partial charge in [-0.05, 0) is 51.0 Å². The first-order valence-electron chi connectivity index (χ1n) is 6.24. The van der Waals surface area contributed by atoms with Crippen molar-refractivity contribution in [3.8, 4) is 0 Å². The predicted molar refractivity (Wildman–Crippen MR) is 77.9 cm³/mol. The second-order valence-corrected chi connectivity index (χ2v) is 4.59. The average molecular weight is 240 g/mol. The summed E-state index contributed by atoms with van der Waals surface area (Å²) in [5.41, 5.74) is 12.9. The molecule has 2 N–H and O–H groups in total. The summed E-state index contributed by atoms with van der Waals surface area (Å²) in [6, 6.07) is 10.4. The normalized spacial score (nSPS) is 18.9. The predicted octanol–water partition coefficient (Wildman–Crippen LogP) is 3.94. The van der Waals surface area contributed by atoms with Crippen LogP contribution in [0.3, 0.4) is 0 Å². The van der Waals surface area contributed by atoms with Crippen molar-refractivity contribution >= 4 is 5.69 Å². The number of hydrogen-bond acceptors (Lipinski definition) is 2. The van der Waals surface area contributed by atoms with Gasteiger partial charge < -0.3 is 10.6 Å². The Labute approximate surface area is 109 Å². The molecule has 0 amide bonds. The van der Waals surface area contributed by atoms with E-state index < -0.39 is 0 Å². The summed E-state index contributed by atoms with van der Waals surface area (Å²) < 4.78 is 0. The Balaban J connectivity index is 2.62. The molecule has 1 aliphatic rings. The number of anilines is 1. The lowest BCUT2D eigenvalue weighted by Gasteiger charge is -2.35. The molecule has 0 saturated heterocycles. The number of hydrogen-bond donors (Lipinski definition) is 1. The molecule has 0 atom stereocenters. The van der Waals surface area contributed by atoms with Gasteiger partial charge in [-0.2, -0.15) is 0 Å². The van der Waals surface area contributed by atoms with Crippen LogP contribution in [0.5, 0.6) is 0 Å². The van der Waals surface area contributed by atoms with Crippen LogP contribution in [0.15, 0.2) is 64.6 Å². The van der Waals surface area contributed by atoms with Gasteiger partial charge in [-0.3, -0.25) is 0 Å². The Hall–Kier alpha value is -1.96. The van der Waals surface area contributed by atoms with Crippen LogP contribution >= 0.6 is 0 Å². The monoisotopic (exact) mass is 240 g/mol. The SMILES string of the molecule is C/C=C1\C(C)=C(N)C(C)=C(C)N1c1ccccc1. The van der Waals surface area contributed by atoms with E-state index in [1.54, 1.807) is 0 Å². The lowest BCUT2D eigenvalue weighted by atomic mass is 9.98. The molecule has 0 fully saturated rings. The molecule has 0 aromatic heterocycles. The van der Waals surface area contributed by atoms with E-state index in [9.17, 15) is 0 Å². The maximum Gasteiger partial charge on any atom is 0.0465 e. The molecular formula is C16H20N2. The lowest BCUT2D eigenvalue weighted by molar-refractivity contribution is 0.974. The molecule has 0 spiro atoms. The molecule has 1 aliphatic heterocycles. The summed E-state index contributed by atoms with van der Waals surface area (Å²) in [6.07, 6.45) is 2.12. The number of benzene rings is 1. The van der Waals surface area contributed by atoms with Crippen LogP contribution in [0, 0.1) is 0 Å². The van der Waals surface area contributed by atoms with Crippen molar-refractivity contribution in [2.75, 3.05) is 4.90 Å². The van der Waals surface area contributed by atoms with Gasteiger partial charge in [0.05, 0.1) is 0 Å². The van der Waals surface area contributed by atoms with Gasteiger partial charge in [-0.1, -0.05) is 24.3 Å². The van der Waals surface area contributed by atoms with Crippen molar-refractivity contribution in [3.05, 3.63) is 64.6 Å². The molecule has 94 valence electrons. The molecule has 0 unspecified atom stereocenters. The first-order valence-corrected chi connectivity index (χ1v) is 6.24. The Morgan fingerprint density at radius 2 is 1.61 bits per heavy atom. The molecular weight excluding hydrogens is 220 g/mol. The zero-order valence-electron chi connectivity index (χ0n) is 11.5. The van der Waals surface area contributed by atoms with Gasteiger partial charge in [0.1, 0.15) is 0 Å². The third-order valence-corrected chi connectivity index (χ3v) is 3.60. The molecule has 2 nitrogen and oxygen atoms in total. The minimum atomic E-state index is 0.896. The molecule has 2 rings (SSSR count). The Morgan fingerprint density at radius 3 is 2.17 bits per heavy atom. The topological polar surface area (TPSA) is 29.3 Å². The number of nitrogens with two attached hydrogens (primary N) is 1. The summed E-state index contributed by atoms with van der Waals surface area (Å²) >= 11 is 0. The standard InChI is InChI=1S/C16H20N2/c1-5-15-12(3)16(17)11(2)13(4)18(15)14-9-7-6-8-10-14/h5-10H,17H2,1-4H3/b15-5+. The van der Waals surface area contributed by atoms with Crippen LogP contribution in [0.25, 0.3) is 0 Å². The Kier molecular flexibility index (Phi) is 3.28. The quantitative estimate of drug-likeness (QED) is 0.805. The summed E-state index contributed by atoms with van der Waals surface area (Å²) in [6.45, 7) is 8.33. The number of allylic oxidation sites excluding steroid dienone is 4. The molecule has 0 saturated carbocycles. The van der Waals surface area contributed by atoms with Gasteiger partial charge >= 0.3 is 0 Å². The lowest BCUT2D eigenvalue weighted by Crippen LogP contribution is -2.28. The van der Waals surface area contributed by atoms with Crippen LogP contribution in [-0.4, -0.2) is 0 Å². The van der Waals surface area contributed by atoms with E-state index in [2.05, 4.69) is 62.9 Å². The second-order valence-electron chi connectivity index (χ2n) is 4.59. The summed E-state index contributed by atoms with van der Waals surface area (Å²) in [5.74, 6) is 0. The first-order chi connectivity index (χ1) is 8.57. The molecule has 1 aromatic rings. The highest BCUT2D eigenvalue weighted by Gasteiger charge is 2.23. The smallest absolute Gasteiger partial charge is 0.0465 e. The largest absolute Gasteiger partial charge is 0.398 e. The summed E-state index contributed by atoms with van der Waals surface area (Å²) in [7, 11) is 0. The van der Waals surface area contributed by atoms with E-state index >= 15 is 0 Å². The van der Waals surface area contributed by atoms with E-state index in [-0.39, 0.29) is 0 Å². The van der Waals surface area contributed by atoms with Gasteiger partial charge in [0.15, 0.2) is 0 Å². The minimum absolute atomic E-state index is 0.896.